The summed E-state index contributed by atoms with van der Waals surface area (Å²) in [6, 6.07) is 5.63. The minimum atomic E-state index is 0.0719. The molecule has 1 N–H and O–H groups in total. The highest BCUT2D eigenvalue weighted by molar-refractivity contribution is 6.34. The van der Waals surface area contributed by atoms with Gasteiger partial charge in [0.15, 0.2) is 0 Å². The van der Waals surface area contributed by atoms with Crippen LogP contribution in [0.2, 0.25) is 10.0 Å². The minimum Gasteiger partial charge on any atom is -0.375 e. The molecule has 94 valence electrons. The average molecular weight is 274 g/mol. The fourth-order valence-corrected chi connectivity index (χ4v) is 2.52. The summed E-state index contributed by atoms with van der Waals surface area (Å²) in [5.41, 5.74) is 1.19. The molecule has 0 saturated carbocycles. The van der Waals surface area contributed by atoms with Crippen LogP contribution in [0.3, 0.4) is 0 Å². The molecule has 17 heavy (non-hydrogen) atoms. The number of rotatable bonds is 2. The summed E-state index contributed by atoms with van der Waals surface area (Å²) in [7, 11) is 0. The van der Waals surface area contributed by atoms with Crippen molar-refractivity contribution >= 4 is 23.2 Å². The first-order valence-electron chi connectivity index (χ1n) is 5.76. The van der Waals surface area contributed by atoms with Crippen LogP contribution in [0.1, 0.15) is 19.4 Å². The highest BCUT2D eigenvalue weighted by atomic mass is 35.5. The van der Waals surface area contributed by atoms with E-state index in [1.165, 1.54) is 0 Å². The van der Waals surface area contributed by atoms with Crippen LogP contribution >= 0.6 is 23.2 Å². The lowest BCUT2D eigenvalue weighted by molar-refractivity contribution is -0.0206. The van der Waals surface area contributed by atoms with Crippen molar-refractivity contribution in [3.8, 4) is 0 Å². The van der Waals surface area contributed by atoms with Gasteiger partial charge in [-0.2, -0.15) is 0 Å². The van der Waals surface area contributed by atoms with E-state index in [4.69, 9.17) is 27.9 Å². The maximum Gasteiger partial charge on any atom is 0.0740 e. The van der Waals surface area contributed by atoms with Gasteiger partial charge in [0.25, 0.3) is 0 Å². The van der Waals surface area contributed by atoms with Crippen molar-refractivity contribution in [2.75, 3.05) is 13.2 Å². The second kappa shape index (κ2) is 5.15. The maximum absolute atomic E-state index is 5.97. The molecule has 0 bridgehead atoms. The Kier molecular flexibility index (Phi) is 3.99. The molecule has 0 amide bonds. The summed E-state index contributed by atoms with van der Waals surface area (Å²) in [6.45, 7) is 5.86. The number of hydrogen-bond acceptors (Lipinski definition) is 2. The van der Waals surface area contributed by atoms with Gasteiger partial charge < -0.3 is 10.1 Å². The quantitative estimate of drug-likeness (QED) is 0.893. The summed E-state index contributed by atoms with van der Waals surface area (Å²) < 4.78 is 5.83. The molecule has 1 aliphatic rings. The van der Waals surface area contributed by atoms with Gasteiger partial charge in [0.2, 0.25) is 0 Å². The molecule has 2 rings (SSSR count). The van der Waals surface area contributed by atoms with Gasteiger partial charge in [-0.15, -0.1) is 0 Å². The lowest BCUT2D eigenvalue weighted by Crippen LogP contribution is -2.53. The lowest BCUT2D eigenvalue weighted by atomic mass is 10.0. The zero-order valence-electron chi connectivity index (χ0n) is 10.1. The minimum absolute atomic E-state index is 0.0719. The number of benzene rings is 1. The topological polar surface area (TPSA) is 21.3 Å². The lowest BCUT2D eigenvalue weighted by Gasteiger charge is -2.36. The zero-order valence-corrected chi connectivity index (χ0v) is 11.6. The normalized spacial score (nSPS) is 23.6. The smallest absolute Gasteiger partial charge is 0.0740 e. The number of ether oxygens (including phenoxy) is 1. The zero-order chi connectivity index (χ0) is 12.5. The van der Waals surface area contributed by atoms with Crippen molar-refractivity contribution in [1.29, 1.82) is 0 Å². The SMILES string of the molecule is CC1(C)CO[C@H](Cc2cc(Cl)cc(Cl)c2)CN1. The fraction of sp³-hybridized carbons (Fsp3) is 0.538. The van der Waals surface area contributed by atoms with Gasteiger partial charge >= 0.3 is 0 Å². The third-order valence-electron chi connectivity index (χ3n) is 2.87. The molecule has 1 saturated heterocycles. The van der Waals surface area contributed by atoms with E-state index in [0.29, 0.717) is 10.0 Å². The molecule has 4 heteroatoms. The first-order chi connectivity index (χ1) is 7.94. The molecule has 0 aromatic heterocycles. The van der Waals surface area contributed by atoms with Crippen molar-refractivity contribution in [1.82, 2.24) is 5.32 Å². The molecule has 0 spiro atoms. The first kappa shape index (κ1) is 13.2. The number of halogens is 2. The highest BCUT2D eigenvalue weighted by Gasteiger charge is 2.26. The van der Waals surface area contributed by atoms with E-state index < -0.39 is 0 Å². The van der Waals surface area contributed by atoms with Crippen molar-refractivity contribution < 1.29 is 4.74 Å². The molecule has 1 fully saturated rings. The van der Waals surface area contributed by atoms with E-state index in [1.54, 1.807) is 6.07 Å². The summed E-state index contributed by atoms with van der Waals surface area (Å²) >= 11 is 11.9. The van der Waals surface area contributed by atoms with Crippen molar-refractivity contribution in [3.05, 3.63) is 33.8 Å². The second-order valence-electron chi connectivity index (χ2n) is 5.18. The van der Waals surface area contributed by atoms with Crippen LogP contribution in [-0.2, 0) is 11.2 Å². The molecular weight excluding hydrogens is 257 g/mol. The second-order valence-corrected chi connectivity index (χ2v) is 6.05. The molecular formula is C13H17Cl2NO. The highest BCUT2D eigenvalue weighted by Crippen LogP contribution is 2.21. The molecule has 2 nitrogen and oxygen atoms in total. The Balaban J connectivity index is 1.97. The van der Waals surface area contributed by atoms with Crippen LogP contribution in [0.25, 0.3) is 0 Å². The van der Waals surface area contributed by atoms with Crippen LogP contribution in [-0.4, -0.2) is 24.8 Å². The fourth-order valence-electron chi connectivity index (χ4n) is 1.95. The van der Waals surface area contributed by atoms with E-state index in [1.807, 2.05) is 12.1 Å². The third-order valence-corrected chi connectivity index (χ3v) is 3.31. The number of hydrogen-bond donors (Lipinski definition) is 1. The average Bonchev–Trinajstić information content (AvgIpc) is 2.20. The first-order valence-corrected chi connectivity index (χ1v) is 6.52. The van der Waals surface area contributed by atoms with Crippen molar-refractivity contribution in [2.24, 2.45) is 0 Å². The Hall–Kier alpha value is -0.280. The molecule has 1 aromatic carbocycles. The van der Waals surface area contributed by atoms with E-state index in [0.717, 1.165) is 25.1 Å². The molecule has 1 heterocycles. The summed E-state index contributed by atoms with van der Waals surface area (Å²) in [4.78, 5) is 0. The van der Waals surface area contributed by atoms with E-state index in [2.05, 4.69) is 19.2 Å². The van der Waals surface area contributed by atoms with Crippen molar-refractivity contribution in [3.63, 3.8) is 0 Å². The predicted octanol–water partition coefficient (Wildman–Crippen LogP) is 3.30. The van der Waals surface area contributed by atoms with E-state index >= 15 is 0 Å². The van der Waals surface area contributed by atoms with Gasteiger partial charge in [0.1, 0.15) is 0 Å². The number of nitrogens with one attached hydrogen (secondary N) is 1. The van der Waals surface area contributed by atoms with Crippen LogP contribution in [0.4, 0.5) is 0 Å². The van der Waals surface area contributed by atoms with Gasteiger partial charge in [-0.3, -0.25) is 0 Å². The summed E-state index contributed by atoms with van der Waals surface area (Å²) in [6.07, 6.45) is 1.03. The largest absolute Gasteiger partial charge is 0.375 e. The van der Waals surface area contributed by atoms with Gasteiger partial charge in [-0.1, -0.05) is 23.2 Å². The molecule has 1 aliphatic heterocycles. The van der Waals surface area contributed by atoms with Gasteiger partial charge in [0, 0.05) is 22.1 Å². The van der Waals surface area contributed by atoms with Crippen LogP contribution in [0.15, 0.2) is 18.2 Å². The van der Waals surface area contributed by atoms with Gasteiger partial charge in [0.05, 0.1) is 12.7 Å². The summed E-state index contributed by atoms with van der Waals surface area (Å²) in [5, 5.41) is 4.82. The van der Waals surface area contributed by atoms with Crippen molar-refractivity contribution in [2.45, 2.75) is 31.9 Å². The third kappa shape index (κ3) is 3.85. The van der Waals surface area contributed by atoms with Gasteiger partial charge in [-0.05, 0) is 44.0 Å². The Bertz CT molecular complexity index is 376. The standard InChI is InChI=1S/C13H17Cl2NO/c1-13(2)8-17-12(7-16-13)5-9-3-10(14)6-11(15)4-9/h3-4,6,12,16H,5,7-8H2,1-2H3/t12-/m1/s1. The molecule has 0 aliphatic carbocycles. The van der Waals surface area contributed by atoms with Crippen LogP contribution < -0.4 is 5.32 Å². The Morgan fingerprint density at radius 3 is 2.47 bits per heavy atom. The Morgan fingerprint density at radius 1 is 1.29 bits per heavy atom. The van der Waals surface area contributed by atoms with Gasteiger partial charge in [-0.25, -0.2) is 0 Å². The van der Waals surface area contributed by atoms with Crippen LogP contribution in [0, 0.1) is 0 Å². The molecule has 0 unspecified atom stereocenters. The Labute approximate surface area is 112 Å². The van der Waals surface area contributed by atoms with E-state index in [-0.39, 0.29) is 11.6 Å². The Morgan fingerprint density at radius 2 is 1.94 bits per heavy atom. The summed E-state index contributed by atoms with van der Waals surface area (Å²) in [5.74, 6) is 0. The molecule has 0 radical (unpaired) electrons. The monoisotopic (exact) mass is 273 g/mol. The molecule has 1 atom stereocenters. The molecule has 1 aromatic rings. The van der Waals surface area contributed by atoms with E-state index in [9.17, 15) is 0 Å². The maximum atomic E-state index is 5.97. The van der Waals surface area contributed by atoms with Crippen LogP contribution in [0.5, 0.6) is 0 Å². The number of morpholine rings is 1. The predicted molar refractivity (Wildman–Crippen MR) is 72.0 cm³/mol.